The highest BCUT2D eigenvalue weighted by Gasteiger charge is 2.20. The van der Waals surface area contributed by atoms with Crippen molar-refractivity contribution in [2.24, 2.45) is 5.92 Å². The second kappa shape index (κ2) is 4.97. The first kappa shape index (κ1) is 10.9. The summed E-state index contributed by atoms with van der Waals surface area (Å²) in [6.45, 7) is 1.60. The molecule has 0 aliphatic carbocycles. The Bertz CT molecular complexity index is 321. The van der Waals surface area contributed by atoms with Crippen molar-refractivity contribution in [1.29, 1.82) is 0 Å². The normalized spacial score (nSPS) is 22.9. The second-order valence-electron chi connectivity index (χ2n) is 4.04. The average Bonchev–Trinajstić information content (AvgIpc) is 2.70. The van der Waals surface area contributed by atoms with Crippen LogP contribution in [0.1, 0.15) is 24.5 Å². The number of rotatable bonds is 3. The van der Waals surface area contributed by atoms with E-state index in [-0.39, 0.29) is 0 Å². The molecule has 2 atom stereocenters. The van der Waals surface area contributed by atoms with Crippen molar-refractivity contribution in [3.05, 3.63) is 34.9 Å². The summed E-state index contributed by atoms with van der Waals surface area (Å²) in [4.78, 5) is 0. The summed E-state index contributed by atoms with van der Waals surface area (Å²) in [6, 6.07) is 7.41. The minimum atomic E-state index is -0.421. The molecule has 1 aliphatic rings. The SMILES string of the molecule is OC(CC1CCOC1)c1cccc(Cl)c1. The number of ether oxygens (including phenoxy) is 1. The Morgan fingerprint density at radius 1 is 1.53 bits per heavy atom. The molecule has 0 aromatic heterocycles. The van der Waals surface area contributed by atoms with E-state index >= 15 is 0 Å². The molecule has 2 unspecified atom stereocenters. The lowest BCUT2D eigenvalue weighted by Crippen LogP contribution is -2.07. The van der Waals surface area contributed by atoms with Crippen molar-refractivity contribution < 1.29 is 9.84 Å². The van der Waals surface area contributed by atoms with Crippen molar-refractivity contribution in [3.8, 4) is 0 Å². The topological polar surface area (TPSA) is 29.5 Å². The Balaban J connectivity index is 1.97. The molecule has 0 saturated carbocycles. The molecule has 82 valence electrons. The van der Waals surface area contributed by atoms with Gasteiger partial charge >= 0.3 is 0 Å². The van der Waals surface area contributed by atoms with Gasteiger partial charge in [-0.15, -0.1) is 0 Å². The Labute approximate surface area is 94.8 Å². The molecule has 0 bridgehead atoms. The van der Waals surface area contributed by atoms with Gasteiger partial charge in [0.1, 0.15) is 0 Å². The number of hydrogen-bond acceptors (Lipinski definition) is 2. The van der Waals surface area contributed by atoms with E-state index in [4.69, 9.17) is 16.3 Å². The van der Waals surface area contributed by atoms with Crippen molar-refractivity contribution >= 4 is 11.6 Å². The van der Waals surface area contributed by atoms with Gasteiger partial charge in [0.25, 0.3) is 0 Å². The standard InChI is InChI=1S/C12H15ClO2/c13-11-3-1-2-10(7-11)12(14)6-9-4-5-15-8-9/h1-3,7,9,12,14H,4-6,8H2. The van der Waals surface area contributed by atoms with Gasteiger partial charge in [0.2, 0.25) is 0 Å². The monoisotopic (exact) mass is 226 g/mol. The van der Waals surface area contributed by atoms with E-state index < -0.39 is 6.10 Å². The molecule has 3 heteroatoms. The first-order valence-electron chi connectivity index (χ1n) is 5.27. The zero-order valence-electron chi connectivity index (χ0n) is 8.53. The molecule has 1 aliphatic heterocycles. The van der Waals surface area contributed by atoms with Crippen molar-refractivity contribution in [1.82, 2.24) is 0 Å². The maximum atomic E-state index is 9.99. The van der Waals surface area contributed by atoms with E-state index in [2.05, 4.69) is 0 Å². The zero-order chi connectivity index (χ0) is 10.7. The molecule has 1 N–H and O–H groups in total. The fourth-order valence-corrected chi connectivity index (χ4v) is 2.13. The van der Waals surface area contributed by atoms with Crippen LogP contribution in [-0.4, -0.2) is 18.3 Å². The smallest absolute Gasteiger partial charge is 0.0794 e. The van der Waals surface area contributed by atoms with E-state index in [9.17, 15) is 5.11 Å². The maximum absolute atomic E-state index is 9.99. The zero-order valence-corrected chi connectivity index (χ0v) is 9.28. The molecular weight excluding hydrogens is 212 g/mol. The molecule has 1 saturated heterocycles. The number of aliphatic hydroxyl groups is 1. The van der Waals surface area contributed by atoms with E-state index in [0.29, 0.717) is 10.9 Å². The largest absolute Gasteiger partial charge is 0.388 e. The molecule has 1 aromatic carbocycles. The molecular formula is C12H15ClO2. The van der Waals surface area contributed by atoms with Crippen LogP contribution in [0.25, 0.3) is 0 Å². The summed E-state index contributed by atoms with van der Waals surface area (Å²) in [6.07, 6.45) is 1.40. The third-order valence-corrected chi connectivity index (χ3v) is 3.05. The van der Waals surface area contributed by atoms with Crippen LogP contribution in [0, 0.1) is 5.92 Å². The van der Waals surface area contributed by atoms with Gasteiger partial charge in [-0.3, -0.25) is 0 Å². The lowest BCUT2D eigenvalue weighted by molar-refractivity contribution is 0.129. The number of hydrogen-bond donors (Lipinski definition) is 1. The van der Waals surface area contributed by atoms with E-state index in [0.717, 1.165) is 31.6 Å². The fourth-order valence-electron chi connectivity index (χ4n) is 1.93. The fraction of sp³-hybridized carbons (Fsp3) is 0.500. The minimum absolute atomic E-state index is 0.421. The Hall–Kier alpha value is -0.570. The van der Waals surface area contributed by atoms with Crippen molar-refractivity contribution in [2.45, 2.75) is 18.9 Å². The second-order valence-corrected chi connectivity index (χ2v) is 4.47. The average molecular weight is 227 g/mol. The van der Waals surface area contributed by atoms with Gasteiger partial charge in [-0.1, -0.05) is 23.7 Å². The summed E-state index contributed by atoms with van der Waals surface area (Å²) < 4.78 is 5.28. The summed E-state index contributed by atoms with van der Waals surface area (Å²) >= 11 is 5.87. The summed E-state index contributed by atoms with van der Waals surface area (Å²) in [7, 11) is 0. The van der Waals surface area contributed by atoms with Crippen LogP contribution in [0.15, 0.2) is 24.3 Å². The number of benzene rings is 1. The maximum Gasteiger partial charge on any atom is 0.0794 e. The lowest BCUT2D eigenvalue weighted by atomic mass is 9.96. The molecule has 0 radical (unpaired) electrons. The first-order chi connectivity index (χ1) is 7.25. The van der Waals surface area contributed by atoms with Gasteiger partial charge in [-0.25, -0.2) is 0 Å². The predicted molar refractivity (Wildman–Crippen MR) is 60.0 cm³/mol. The molecule has 0 amide bonds. The third kappa shape index (κ3) is 2.94. The van der Waals surface area contributed by atoms with Crippen molar-refractivity contribution in [2.75, 3.05) is 13.2 Å². The van der Waals surface area contributed by atoms with E-state index in [1.165, 1.54) is 0 Å². The van der Waals surface area contributed by atoms with Gasteiger partial charge in [-0.2, -0.15) is 0 Å². The van der Waals surface area contributed by atoms with Gasteiger partial charge in [0.15, 0.2) is 0 Å². The highest BCUT2D eigenvalue weighted by molar-refractivity contribution is 6.30. The first-order valence-corrected chi connectivity index (χ1v) is 5.65. The molecule has 1 aromatic rings. The highest BCUT2D eigenvalue weighted by atomic mass is 35.5. The Morgan fingerprint density at radius 2 is 2.40 bits per heavy atom. The lowest BCUT2D eigenvalue weighted by Gasteiger charge is -2.14. The van der Waals surface area contributed by atoms with Gasteiger partial charge in [0.05, 0.1) is 6.10 Å². The van der Waals surface area contributed by atoms with Gasteiger partial charge in [0, 0.05) is 18.2 Å². The van der Waals surface area contributed by atoms with Crippen LogP contribution in [-0.2, 0) is 4.74 Å². The van der Waals surface area contributed by atoms with Crippen LogP contribution in [0.2, 0.25) is 5.02 Å². The van der Waals surface area contributed by atoms with Crippen LogP contribution in [0.4, 0.5) is 0 Å². The number of aliphatic hydroxyl groups excluding tert-OH is 1. The Morgan fingerprint density at radius 3 is 3.07 bits per heavy atom. The van der Waals surface area contributed by atoms with Crippen LogP contribution in [0.5, 0.6) is 0 Å². The van der Waals surface area contributed by atoms with Crippen LogP contribution < -0.4 is 0 Å². The van der Waals surface area contributed by atoms with E-state index in [1.807, 2.05) is 24.3 Å². The van der Waals surface area contributed by atoms with Crippen molar-refractivity contribution in [3.63, 3.8) is 0 Å². The third-order valence-electron chi connectivity index (χ3n) is 2.81. The van der Waals surface area contributed by atoms with Gasteiger partial charge in [-0.05, 0) is 36.5 Å². The number of halogens is 1. The molecule has 1 heterocycles. The molecule has 2 rings (SSSR count). The quantitative estimate of drug-likeness (QED) is 0.859. The van der Waals surface area contributed by atoms with Crippen LogP contribution in [0.3, 0.4) is 0 Å². The molecule has 2 nitrogen and oxygen atoms in total. The minimum Gasteiger partial charge on any atom is -0.388 e. The predicted octanol–water partition coefficient (Wildman–Crippen LogP) is 2.80. The highest BCUT2D eigenvalue weighted by Crippen LogP contribution is 2.27. The molecule has 15 heavy (non-hydrogen) atoms. The molecule has 0 spiro atoms. The Kier molecular flexibility index (Phi) is 3.62. The summed E-state index contributed by atoms with van der Waals surface area (Å²) in [5.41, 5.74) is 0.898. The van der Waals surface area contributed by atoms with E-state index in [1.54, 1.807) is 0 Å². The molecule has 1 fully saturated rings. The summed E-state index contributed by atoms with van der Waals surface area (Å²) in [5, 5.41) is 10.7. The summed E-state index contributed by atoms with van der Waals surface area (Å²) in [5.74, 6) is 0.485. The van der Waals surface area contributed by atoms with Crippen LogP contribution >= 0.6 is 11.6 Å². The van der Waals surface area contributed by atoms with Gasteiger partial charge < -0.3 is 9.84 Å².